The van der Waals surface area contributed by atoms with Crippen LogP contribution in [0, 0.1) is 11.6 Å². The second-order valence-corrected chi connectivity index (χ2v) is 6.20. The molecule has 1 atom stereocenters. The molecule has 0 bridgehead atoms. The molecule has 1 rings (SSSR count). The Balaban J connectivity index is 2.57. The number of benzene rings is 1. The van der Waals surface area contributed by atoms with E-state index in [1.54, 1.807) is 0 Å². The third-order valence-corrected chi connectivity index (χ3v) is 4.36. The molecule has 0 amide bonds. The van der Waals surface area contributed by atoms with Crippen molar-refractivity contribution in [2.24, 2.45) is 5.73 Å². The van der Waals surface area contributed by atoms with Crippen LogP contribution in [0.4, 0.5) is 8.78 Å². The van der Waals surface area contributed by atoms with E-state index in [0.717, 1.165) is 6.07 Å². The van der Waals surface area contributed by atoms with Crippen LogP contribution in [-0.4, -0.2) is 26.8 Å². The molecule has 0 saturated carbocycles. The Hall–Kier alpha value is -1.05. The topological polar surface area (TPSA) is 72.2 Å². The lowest BCUT2D eigenvalue weighted by atomic mass is 10.1. The van der Waals surface area contributed by atoms with E-state index in [2.05, 4.69) is 4.72 Å². The number of sulfonamides is 1. The molecule has 102 valence electrons. The summed E-state index contributed by atoms with van der Waals surface area (Å²) in [5, 5.41) is -0.693. The molecule has 0 aliphatic rings. The first-order chi connectivity index (χ1) is 8.35. The summed E-state index contributed by atoms with van der Waals surface area (Å²) in [6.07, 6.45) is 0.213. The Morgan fingerprint density at radius 3 is 2.33 bits per heavy atom. The second kappa shape index (κ2) is 6.21. The summed E-state index contributed by atoms with van der Waals surface area (Å²) in [5.74, 6) is -1.36. The molecule has 1 aromatic rings. The van der Waals surface area contributed by atoms with Crippen molar-refractivity contribution in [2.75, 3.05) is 13.1 Å². The van der Waals surface area contributed by atoms with Gasteiger partial charge < -0.3 is 5.73 Å². The molecule has 1 aromatic carbocycles. The van der Waals surface area contributed by atoms with Crippen LogP contribution in [0.25, 0.3) is 0 Å². The first-order valence-corrected chi connectivity index (χ1v) is 7.03. The number of hydrogen-bond acceptors (Lipinski definition) is 3. The third-order valence-electron chi connectivity index (χ3n) is 2.50. The second-order valence-electron chi connectivity index (χ2n) is 4.01. The summed E-state index contributed by atoms with van der Waals surface area (Å²) in [4.78, 5) is 0. The monoisotopic (exact) mass is 278 g/mol. The molecule has 0 fully saturated rings. The maximum Gasteiger partial charge on any atom is 0.215 e. The largest absolute Gasteiger partial charge is 0.329 e. The molecule has 0 radical (unpaired) electrons. The summed E-state index contributed by atoms with van der Waals surface area (Å²) in [7, 11) is -3.46. The molecule has 0 saturated heterocycles. The van der Waals surface area contributed by atoms with Crippen molar-refractivity contribution >= 4 is 10.0 Å². The first kappa shape index (κ1) is 15.0. The lowest BCUT2D eigenvalue weighted by Crippen LogP contribution is -2.37. The van der Waals surface area contributed by atoms with E-state index in [1.165, 1.54) is 19.1 Å². The molecular formula is C11H16F2N2O2S. The van der Waals surface area contributed by atoms with E-state index in [-0.39, 0.29) is 19.5 Å². The van der Waals surface area contributed by atoms with E-state index in [1.807, 2.05) is 0 Å². The number of halogens is 2. The lowest BCUT2D eigenvalue weighted by Gasteiger charge is -2.11. The highest BCUT2D eigenvalue weighted by molar-refractivity contribution is 7.90. The van der Waals surface area contributed by atoms with Gasteiger partial charge in [0.1, 0.15) is 11.6 Å². The lowest BCUT2D eigenvalue weighted by molar-refractivity contribution is 0.567. The van der Waals surface area contributed by atoms with Crippen LogP contribution in [0.5, 0.6) is 0 Å². The molecule has 0 spiro atoms. The normalized spacial score (nSPS) is 13.6. The predicted octanol–water partition coefficient (Wildman–Crippen LogP) is 0.774. The average molecular weight is 278 g/mol. The quantitative estimate of drug-likeness (QED) is 0.807. The highest BCUT2D eigenvalue weighted by Crippen LogP contribution is 2.08. The van der Waals surface area contributed by atoms with Gasteiger partial charge in [-0.2, -0.15) is 0 Å². The Morgan fingerprint density at radius 2 is 1.83 bits per heavy atom. The van der Waals surface area contributed by atoms with Crippen LogP contribution < -0.4 is 10.5 Å². The van der Waals surface area contributed by atoms with Gasteiger partial charge in [-0.3, -0.25) is 0 Å². The van der Waals surface area contributed by atoms with Gasteiger partial charge in [0.15, 0.2) is 0 Å². The first-order valence-electron chi connectivity index (χ1n) is 5.48. The molecule has 4 nitrogen and oxygen atoms in total. The minimum Gasteiger partial charge on any atom is -0.329 e. The van der Waals surface area contributed by atoms with Gasteiger partial charge in [0, 0.05) is 19.2 Å². The van der Waals surface area contributed by atoms with Gasteiger partial charge in [-0.25, -0.2) is 21.9 Å². The van der Waals surface area contributed by atoms with Gasteiger partial charge in [-0.05, 0) is 31.0 Å². The zero-order valence-corrected chi connectivity index (χ0v) is 10.8. The molecule has 7 heteroatoms. The van der Waals surface area contributed by atoms with Crippen LogP contribution in [0.3, 0.4) is 0 Å². The van der Waals surface area contributed by atoms with Crippen LogP contribution in [0.2, 0.25) is 0 Å². The smallest absolute Gasteiger partial charge is 0.215 e. The van der Waals surface area contributed by atoms with E-state index >= 15 is 0 Å². The van der Waals surface area contributed by atoms with E-state index in [0.29, 0.717) is 5.56 Å². The molecule has 18 heavy (non-hydrogen) atoms. The molecule has 3 N–H and O–H groups in total. The van der Waals surface area contributed by atoms with Gasteiger partial charge in [-0.1, -0.05) is 0 Å². The summed E-state index contributed by atoms with van der Waals surface area (Å²) >= 11 is 0. The van der Waals surface area contributed by atoms with Crippen molar-refractivity contribution in [2.45, 2.75) is 18.6 Å². The Labute approximate surface area is 105 Å². The molecule has 1 unspecified atom stereocenters. The molecule has 0 aromatic heterocycles. The number of rotatable bonds is 6. The molecule has 0 aliphatic heterocycles. The Kier molecular flexibility index (Phi) is 5.18. The van der Waals surface area contributed by atoms with Crippen molar-refractivity contribution in [3.05, 3.63) is 35.4 Å². The summed E-state index contributed by atoms with van der Waals surface area (Å²) in [6, 6.07) is 3.11. The zero-order valence-electron chi connectivity index (χ0n) is 9.99. The van der Waals surface area contributed by atoms with Crippen LogP contribution in [0.1, 0.15) is 12.5 Å². The van der Waals surface area contributed by atoms with Gasteiger partial charge >= 0.3 is 0 Å². The fourth-order valence-corrected chi connectivity index (χ4v) is 2.29. The molecular weight excluding hydrogens is 262 g/mol. The molecule has 0 heterocycles. The van der Waals surface area contributed by atoms with Crippen molar-refractivity contribution in [3.63, 3.8) is 0 Å². The zero-order chi connectivity index (χ0) is 13.8. The van der Waals surface area contributed by atoms with Crippen LogP contribution >= 0.6 is 0 Å². The Morgan fingerprint density at radius 1 is 1.28 bits per heavy atom. The number of nitrogens with one attached hydrogen (secondary N) is 1. The third kappa shape index (κ3) is 4.32. The number of nitrogens with two attached hydrogens (primary N) is 1. The van der Waals surface area contributed by atoms with Crippen LogP contribution in [0.15, 0.2) is 18.2 Å². The minimum atomic E-state index is -3.46. The minimum absolute atomic E-state index is 0.0178. The van der Waals surface area contributed by atoms with E-state index in [9.17, 15) is 17.2 Å². The fraction of sp³-hybridized carbons (Fsp3) is 0.455. The van der Waals surface area contributed by atoms with Crippen molar-refractivity contribution in [1.29, 1.82) is 0 Å². The SMILES string of the molecule is CC(CN)S(=O)(=O)NCCc1cc(F)cc(F)c1. The maximum atomic E-state index is 12.9. The van der Waals surface area contributed by atoms with Crippen molar-refractivity contribution < 1.29 is 17.2 Å². The van der Waals surface area contributed by atoms with E-state index < -0.39 is 26.9 Å². The fourth-order valence-electron chi connectivity index (χ4n) is 1.36. The molecule has 0 aliphatic carbocycles. The Bertz CT molecular complexity index is 486. The van der Waals surface area contributed by atoms with Crippen molar-refractivity contribution in [1.82, 2.24) is 4.72 Å². The number of hydrogen-bond donors (Lipinski definition) is 2. The predicted molar refractivity (Wildman–Crippen MR) is 65.5 cm³/mol. The van der Waals surface area contributed by atoms with Gasteiger partial charge in [-0.15, -0.1) is 0 Å². The summed E-state index contributed by atoms with van der Waals surface area (Å²) < 4.78 is 51.2. The average Bonchev–Trinajstić information content (AvgIpc) is 2.26. The standard InChI is InChI=1S/C11H16F2N2O2S/c1-8(7-14)18(16,17)15-3-2-9-4-10(12)6-11(13)5-9/h4-6,8,15H,2-3,7,14H2,1H3. The van der Waals surface area contributed by atoms with Crippen molar-refractivity contribution in [3.8, 4) is 0 Å². The van der Waals surface area contributed by atoms with E-state index in [4.69, 9.17) is 5.73 Å². The van der Waals surface area contributed by atoms with Gasteiger partial charge in [0.05, 0.1) is 5.25 Å². The van der Waals surface area contributed by atoms with Crippen LogP contribution in [-0.2, 0) is 16.4 Å². The summed E-state index contributed by atoms with van der Waals surface area (Å²) in [5.41, 5.74) is 5.66. The van der Waals surface area contributed by atoms with Gasteiger partial charge in [0.2, 0.25) is 10.0 Å². The highest BCUT2D eigenvalue weighted by atomic mass is 32.2. The maximum absolute atomic E-state index is 12.9. The van der Waals surface area contributed by atoms with Gasteiger partial charge in [0.25, 0.3) is 0 Å². The highest BCUT2D eigenvalue weighted by Gasteiger charge is 2.17. The summed E-state index contributed by atoms with van der Waals surface area (Å²) in [6.45, 7) is 1.59.